The van der Waals surface area contributed by atoms with Gasteiger partial charge in [-0.2, -0.15) is 0 Å². The number of hydrogen-bond acceptors (Lipinski definition) is 2. The van der Waals surface area contributed by atoms with Crippen molar-refractivity contribution in [2.45, 2.75) is 39.5 Å². The van der Waals surface area contributed by atoms with E-state index in [9.17, 15) is 0 Å². The minimum Gasteiger partial charge on any atom is -0.264 e. The molecule has 0 unspecified atom stereocenters. The fourth-order valence-corrected chi connectivity index (χ4v) is 2.08. The van der Waals surface area contributed by atoms with E-state index in [-0.39, 0.29) is 0 Å². The number of benzene rings is 1. The summed E-state index contributed by atoms with van der Waals surface area (Å²) in [6, 6.07) is 2.13. The lowest BCUT2D eigenvalue weighted by atomic mass is 10.0. The highest BCUT2D eigenvalue weighted by Crippen LogP contribution is 2.23. The lowest BCUT2D eigenvalue weighted by molar-refractivity contribution is 1.18. The third-order valence-electron chi connectivity index (χ3n) is 3.31. The molecule has 0 heterocycles. The highest BCUT2D eigenvalue weighted by molar-refractivity contribution is 7.80. The molecule has 0 aliphatic carbocycles. The fourth-order valence-electron chi connectivity index (χ4n) is 1.79. The van der Waals surface area contributed by atoms with Crippen LogP contribution < -0.4 is 0 Å². The lowest BCUT2D eigenvalue weighted by Crippen LogP contribution is -1.94. The summed E-state index contributed by atoms with van der Waals surface area (Å²) in [5.41, 5.74) is 5.98. The highest BCUT2D eigenvalue weighted by atomic mass is 32.1. The first-order valence-corrected chi connectivity index (χ1v) is 7.21. The van der Waals surface area contributed by atoms with Gasteiger partial charge in [0.1, 0.15) is 0 Å². The van der Waals surface area contributed by atoms with E-state index in [1.807, 2.05) is 50.6 Å². The van der Waals surface area contributed by atoms with Crippen molar-refractivity contribution in [3.8, 4) is 0 Å². The number of hydrogen-bond donors (Lipinski definition) is 1. The second-order valence-electron chi connectivity index (χ2n) is 4.92. The van der Waals surface area contributed by atoms with E-state index in [2.05, 4.69) is 44.5 Å². The van der Waals surface area contributed by atoms with Crippen molar-refractivity contribution in [2.24, 2.45) is 4.99 Å². The number of allylic oxidation sites excluding steroid dienone is 5. The topological polar surface area (TPSA) is 12.4 Å². The Bertz CT molecular complexity index is 590. The molecule has 1 rings (SSSR count). The molecule has 1 aromatic carbocycles. The molecule has 0 saturated heterocycles. The van der Waals surface area contributed by atoms with Crippen LogP contribution in [-0.2, 0) is 0 Å². The summed E-state index contributed by atoms with van der Waals surface area (Å²) < 4.78 is 0. The Morgan fingerprint density at radius 2 is 1.85 bits per heavy atom. The minimum atomic E-state index is 1.01. The monoisotopic (exact) mass is 285 g/mol. The fraction of sp³-hybridized carbons (Fsp3) is 0.278. The van der Waals surface area contributed by atoms with Crippen LogP contribution in [0.4, 0.5) is 0 Å². The molecule has 2 heteroatoms. The van der Waals surface area contributed by atoms with Gasteiger partial charge in [-0.1, -0.05) is 24.3 Å². The smallest absolute Gasteiger partial charge is 0.0351 e. The summed E-state index contributed by atoms with van der Waals surface area (Å²) in [5.74, 6) is 0. The molecule has 20 heavy (non-hydrogen) atoms. The Balaban J connectivity index is 2.94. The van der Waals surface area contributed by atoms with Crippen molar-refractivity contribution in [2.75, 3.05) is 0 Å². The molecule has 0 aromatic heterocycles. The van der Waals surface area contributed by atoms with Gasteiger partial charge in [-0.15, -0.1) is 12.6 Å². The van der Waals surface area contributed by atoms with Gasteiger partial charge in [-0.05, 0) is 62.9 Å². The SMILES string of the molecule is C/C=C/C=C\C(C)=C\N=Cc1cc(C)c(C)c(C)c1S. The van der Waals surface area contributed by atoms with Crippen LogP contribution in [0.3, 0.4) is 0 Å². The molecule has 1 aromatic rings. The van der Waals surface area contributed by atoms with Crippen molar-refractivity contribution in [3.05, 3.63) is 64.4 Å². The third kappa shape index (κ3) is 4.53. The summed E-state index contributed by atoms with van der Waals surface area (Å²) in [6.07, 6.45) is 11.8. The Morgan fingerprint density at radius 3 is 2.50 bits per heavy atom. The average Bonchev–Trinajstić information content (AvgIpc) is 2.42. The molecule has 0 saturated carbocycles. The second kappa shape index (κ2) is 7.91. The van der Waals surface area contributed by atoms with Crippen molar-refractivity contribution in [3.63, 3.8) is 0 Å². The van der Waals surface area contributed by atoms with Gasteiger partial charge in [-0.3, -0.25) is 4.99 Å². The molecule has 106 valence electrons. The summed E-state index contributed by atoms with van der Waals surface area (Å²) in [6.45, 7) is 10.4. The van der Waals surface area contributed by atoms with Crippen LogP contribution in [0, 0.1) is 20.8 Å². The van der Waals surface area contributed by atoms with E-state index in [4.69, 9.17) is 0 Å². The van der Waals surface area contributed by atoms with E-state index >= 15 is 0 Å². The van der Waals surface area contributed by atoms with E-state index in [1.165, 1.54) is 16.7 Å². The Kier molecular flexibility index (Phi) is 6.53. The van der Waals surface area contributed by atoms with E-state index in [0.29, 0.717) is 0 Å². The zero-order chi connectivity index (χ0) is 15.1. The largest absolute Gasteiger partial charge is 0.264 e. The molecular weight excluding hydrogens is 262 g/mol. The standard InChI is InChI=1S/C18H23NS/c1-6-7-8-9-13(2)11-19-12-17-10-14(3)15(4)16(5)18(17)20/h6-12,20H,1-5H3/b7-6+,9-8-,13-11+,19-12?. The molecule has 0 N–H and O–H groups in total. The maximum Gasteiger partial charge on any atom is 0.0351 e. The first-order chi connectivity index (χ1) is 9.47. The Morgan fingerprint density at radius 1 is 1.15 bits per heavy atom. The first kappa shape index (κ1) is 16.5. The quantitative estimate of drug-likeness (QED) is 0.434. The predicted octanol–water partition coefficient (Wildman–Crippen LogP) is 5.36. The summed E-state index contributed by atoms with van der Waals surface area (Å²) in [5, 5.41) is 0. The number of aliphatic imine (C=N–C) groups is 1. The Labute approximate surface area is 128 Å². The van der Waals surface area contributed by atoms with Crippen molar-refractivity contribution in [1.82, 2.24) is 0 Å². The van der Waals surface area contributed by atoms with Gasteiger partial charge in [0.25, 0.3) is 0 Å². The first-order valence-electron chi connectivity index (χ1n) is 6.76. The number of aryl methyl sites for hydroxylation is 1. The second-order valence-corrected chi connectivity index (χ2v) is 5.36. The van der Waals surface area contributed by atoms with Crippen LogP contribution in [0.5, 0.6) is 0 Å². The zero-order valence-electron chi connectivity index (χ0n) is 12.9. The number of rotatable bonds is 4. The van der Waals surface area contributed by atoms with E-state index in [1.54, 1.807) is 0 Å². The van der Waals surface area contributed by atoms with Crippen LogP contribution in [0.2, 0.25) is 0 Å². The van der Waals surface area contributed by atoms with Gasteiger partial charge >= 0.3 is 0 Å². The molecule has 1 nitrogen and oxygen atoms in total. The Hall–Kier alpha value is -1.54. The summed E-state index contributed by atoms with van der Waals surface area (Å²) in [7, 11) is 0. The molecule has 0 bridgehead atoms. The molecule has 0 aliphatic heterocycles. The van der Waals surface area contributed by atoms with Gasteiger partial charge in [0.05, 0.1) is 0 Å². The van der Waals surface area contributed by atoms with Crippen LogP contribution in [0.1, 0.15) is 36.1 Å². The maximum atomic E-state index is 4.59. The predicted molar refractivity (Wildman–Crippen MR) is 93.2 cm³/mol. The van der Waals surface area contributed by atoms with Gasteiger partial charge in [0.2, 0.25) is 0 Å². The lowest BCUT2D eigenvalue weighted by Gasteiger charge is -2.10. The molecular formula is C18H23NS. The van der Waals surface area contributed by atoms with Crippen molar-refractivity contribution in [1.29, 1.82) is 0 Å². The van der Waals surface area contributed by atoms with E-state index in [0.717, 1.165) is 16.0 Å². The summed E-state index contributed by atoms with van der Waals surface area (Å²) >= 11 is 4.59. The van der Waals surface area contributed by atoms with Crippen LogP contribution >= 0.6 is 12.6 Å². The molecule has 0 radical (unpaired) electrons. The van der Waals surface area contributed by atoms with Gasteiger partial charge in [0.15, 0.2) is 0 Å². The van der Waals surface area contributed by atoms with Gasteiger partial charge in [0, 0.05) is 22.9 Å². The summed E-state index contributed by atoms with van der Waals surface area (Å²) in [4.78, 5) is 5.39. The normalized spacial score (nSPS) is 13.2. The molecule has 0 amide bonds. The molecule has 0 fully saturated rings. The van der Waals surface area contributed by atoms with Crippen LogP contribution in [-0.4, -0.2) is 6.21 Å². The maximum absolute atomic E-state index is 4.59. The number of thiol groups is 1. The molecule has 0 atom stereocenters. The molecule has 0 spiro atoms. The number of nitrogens with zero attached hydrogens (tertiary/aromatic N) is 1. The van der Waals surface area contributed by atoms with Gasteiger partial charge < -0.3 is 0 Å². The minimum absolute atomic E-state index is 1.01. The highest BCUT2D eigenvalue weighted by Gasteiger charge is 2.05. The van der Waals surface area contributed by atoms with Crippen molar-refractivity contribution < 1.29 is 0 Å². The van der Waals surface area contributed by atoms with E-state index < -0.39 is 0 Å². The average molecular weight is 285 g/mol. The molecule has 0 aliphatic rings. The van der Waals surface area contributed by atoms with Crippen molar-refractivity contribution >= 4 is 18.8 Å². The van der Waals surface area contributed by atoms with Gasteiger partial charge in [-0.25, -0.2) is 0 Å². The third-order valence-corrected chi connectivity index (χ3v) is 3.90. The zero-order valence-corrected chi connectivity index (χ0v) is 13.8. The van der Waals surface area contributed by atoms with Crippen LogP contribution in [0.15, 0.2) is 52.0 Å². The van der Waals surface area contributed by atoms with Crippen LogP contribution in [0.25, 0.3) is 0 Å².